The molecule has 0 saturated carbocycles. The van der Waals surface area contributed by atoms with Gasteiger partial charge in [-0.1, -0.05) is 6.92 Å². The highest BCUT2D eigenvalue weighted by molar-refractivity contribution is 7.89. The van der Waals surface area contributed by atoms with E-state index in [1.165, 1.54) is 38.4 Å². The van der Waals surface area contributed by atoms with Crippen LogP contribution in [0, 0.1) is 0 Å². The second-order valence-corrected chi connectivity index (χ2v) is 5.28. The molecule has 1 amide bonds. The van der Waals surface area contributed by atoms with E-state index in [0.717, 1.165) is 5.06 Å². The maximum atomic E-state index is 11.7. The minimum absolute atomic E-state index is 0.126. The summed E-state index contributed by atoms with van der Waals surface area (Å²) < 4.78 is 25.7. The third-order valence-electron chi connectivity index (χ3n) is 2.31. The molecular formula is C11H16N2O4S. The van der Waals surface area contributed by atoms with E-state index in [2.05, 4.69) is 4.72 Å². The van der Waals surface area contributed by atoms with Crippen molar-refractivity contribution in [3.8, 4) is 0 Å². The predicted molar refractivity (Wildman–Crippen MR) is 66.4 cm³/mol. The lowest BCUT2D eigenvalue weighted by molar-refractivity contribution is -0.0757. The van der Waals surface area contributed by atoms with Gasteiger partial charge in [-0.3, -0.25) is 9.63 Å². The first-order valence-corrected chi connectivity index (χ1v) is 6.82. The molecule has 7 heteroatoms. The van der Waals surface area contributed by atoms with Gasteiger partial charge in [-0.2, -0.15) is 0 Å². The number of sulfonamides is 1. The summed E-state index contributed by atoms with van der Waals surface area (Å²) in [4.78, 5) is 16.6. The molecule has 0 bridgehead atoms. The lowest BCUT2D eigenvalue weighted by atomic mass is 10.2. The molecular weight excluding hydrogens is 256 g/mol. The van der Waals surface area contributed by atoms with Gasteiger partial charge in [0.15, 0.2) is 0 Å². The highest BCUT2D eigenvalue weighted by Gasteiger charge is 2.15. The van der Waals surface area contributed by atoms with Crippen molar-refractivity contribution in [2.45, 2.75) is 11.8 Å². The molecule has 0 spiro atoms. The molecule has 0 aliphatic heterocycles. The third-order valence-corrected chi connectivity index (χ3v) is 3.87. The van der Waals surface area contributed by atoms with Crippen LogP contribution in [0.3, 0.4) is 0 Å². The molecule has 1 aromatic rings. The summed E-state index contributed by atoms with van der Waals surface area (Å²) in [5.41, 5.74) is 0.356. The standard InChI is InChI=1S/C11H16N2O4S/c1-4-12-18(15,16)10-7-5-9(6-8-10)11(14)13(2)17-3/h5-8,12H,4H2,1-3H3. The SMILES string of the molecule is CCNS(=O)(=O)c1ccc(C(=O)N(C)OC)cc1. The predicted octanol–water partition coefficient (Wildman–Crippen LogP) is 0.618. The fourth-order valence-electron chi connectivity index (χ4n) is 1.31. The maximum Gasteiger partial charge on any atom is 0.277 e. The molecule has 0 aliphatic rings. The number of hydroxylamine groups is 2. The van der Waals surface area contributed by atoms with Gasteiger partial charge in [0.1, 0.15) is 0 Å². The van der Waals surface area contributed by atoms with Crippen molar-refractivity contribution in [2.24, 2.45) is 0 Å². The number of amides is 1. The van der Waals surface area contributed by atoms with Gasteiger partial charge in [0.05, 0.1) is 12.0 Å². The number of nitrogens with zero attached hydrogens (tertiary/aromatic N) is 1. The number of carbonyl (C=O) groups excluding carboxylic acids is 1. The molecule has 6 nitrogen and oxygen atoms in total. The molecule has 1 N–H and O–H groups in total. The summed E-state index contributed by atoms with van der Waals surface area (Å²) >= 11 is 0. The number of hydrogen-bond donors (Lipinski definition) is 1. The third kappa shape index (κ3) is 3.28. The molecule has 0 unspecified atom stereocenters. The quantitative estimate of drug-likeness (QED) is 0.797. The van der Waals surface area contributed by atoms with Crippen LogP contribution in [-0.2, 0) is 14.9 Å². The fraction of sp³-hybridized carbons (Fsp3) is 0.364. The molecule has 0 aromatic heterocycles. The topological polar surface area (TPSA) is 75.7 Å². The van der Waals surface area contributed by atoms with Gasteiger partial charge < -0.3 is 0 Å². The zero-order valence-electron chi connectivity index (χ0n) is 10.5. The second kappa shape index (κ2) is 5.94. The van der Waals surface area contributed by atoms with Crippen molar-refractivity contribution in [3.63, 3.8) is 0 Å². The Hall–Kier alpha value is -1.44. The molecule has 1 aromatic carbocycles. The normalized spacial score (nSPS) is 11.3. The van der Waals surface area contributed by atoms with Gasteiger partial charge >= 0.3 is 0 Å². The summed E-state index contributed by atoms with van der Waals surface area (Å²) in [6, 6.07) is 5.66. The Balaban J connectivity index is 2.97. The minimum Gasteiger partial charge on any atom is -0.274 e. The first-order valence-electron chi connectivity index (χ1n) is 5.34. The van der Waals surface area contributed by atoms with Gasteiger partial charge in [0, 0.05) is 19.2 Å². The molecule has 0 heterocycles. The van der Waals surface area contributed by atoms with Crippen molar-refractivity contribution >= 4 is 15.9 Å². The highest BCUT2D eigenvalue weighted by atomic mass is 32.2. The number of carbonyl (C=O) groups is 1. The maximum absolute atomic E-state index is 11.7. The summed E-state index contributed by atoms with van der Waals surface area (Å²) in [7, 11) is -0.630. The molecule has 0 fully saturated rings. The van der Waals surface area contributed by atoms with E-state index >= 15 is 0 Å². The Labute approximate surface area is 107 Å². The Morgan fingerprint density at radius 3 is 2.33 bits per heavy atom. The van der Waals surface area contributed by atoms with E-state index in [4.69, 9.17) is 4.84 Å². The second-order valence-electron chi connectivity index (χ2n) is 3.51. The van der Waals surface area contributed by atoms with E-state index < -0.39 is 10.0 Å². The first kappa shape index (κ1) is 14.6. The van der Waals surface area contributed by atoms with Crippen molar-refractivity contribution in [1.82, 2.24) is 9.79 Å². The zero-order chi connectivity index (χ0) is 13.8. The van der Waals surface area contributed by atoms with Crippen LogP contribution in [0.15, 0.2) is 29.2 Å². The highest BCUT2D eigenvalue weighted by Crippen LogP contribution is 2.11. The van der Waals surface area contributed by atoms with Gasteiger partial charge in [0.2, 0.25) is 10.0 Å². The Morgan fingerprint density at radius 2 is 1.89 bits per heavy atom. The lowest BCUT2D eigenvalue weighted by Gasteiger charge is -2.13. The molecule has 18 heavy (non-hydrogen) atoms. The largest absolute Gasteiger partial charge is 0.277 e. The number of rotatable bonds is 5. The van der Waals surface area contributed by atoms with E-state index in [9.17, 15) is 13.2 Å². The Kier molecular flexibility index (Phi) is 4.83. The van der Waals surface area contributed by atoms with Crippen LogP contribution in [0.5, 0.6) is 0 Å². The zero-order valence-corrected chi connectivity index (χ0v) is 11.3. The lowest BCUT2D eigenvalue weighted by Crippen LogP contribution is -2.26. The summed E-state index contributed by atoms with van der Waals surface area (Å²) in [6.45, 7) is 2.01. The van der Waals surface area contributed by atoms with Crippen molar-refractivity contribution in [2.75, 3.05) is 20.7 Å². The first-order chi connectivity index (χ1) is 8.42. The van der Waals surface area contributed by atoms with E-state index in [1.54, 1.807) is 6.92 Å². The van der Waals surface area contributed by atoms with Gasteiger partial charge in [-0.05, 0) is 24.3 Å². The van der Waals surface area contributed by atoms with Crippen LogP contribution < -0.4 is 4.72 Å². The van der Waals surface area contributed by atoms with Crippen LogP contribution >= 0.6 is 0 Å². The molecule has 0 radical (unpaired) electrons. The van der Waals surface area contributed by atoms with Crippen LogP contribution in [-0.4, -0.2) is 40.1 Å². The van der Waals surface area contributed by atoms with Gasteiger partial charge in [-0.25, -0.2) is 18.2 Å². The number of benzene rings is 1. The fourth-order valence-corrected chi connectivity index (χ4v) is 2.36. The molecule has 0 atom stereocenters. The van der Waals surface area contributed by atoms with Crippen LogP contribution in [0.25, 0.3) is 0 Å². The minimum atomic E-state index is -3.48. The molecule has 1 rings (SSSR count). The molecule has 0 saturated heterocycles. The summed E-state index contributed by atoms with van der Waals surface area (Å²) in [6.07, 6.45) is 0. The summed E-state index contributed by atoms with van der Waals surface area (Å²) in [5.74, 6) is -0.343. The number of nitrogens with one attached hydrogen (secondary N) is 1. The van der Waals surface area contributed by atoms with E-state index in [0.29, 0.717) is 12.1 Å². The summed E-state index contributed by atoms with van der Waals surface area (Å²) in [5, 5.41) is 1.06. The van der Waals surface area contributed by atoms with Crippen molar-refractivity contribution < 1.29 is 18.0 Å². The smallest absolute Gasteiger partial charge is 0.274 e. The van der Waals surface area contributed by atoms with Crippen LogP contribution in [0.4, 0.5) is 0 Å². The van der Waals surface area contributed by atoms with Gasteiger partial charge in [0.25, 0.3) is 5.91 Å². The van der Waals surface area contributed by atoms with Crippen molar-refractivity contribution in [3.05, 3.63) is 29.8 Å². The number of hydrogen-bond acceptors (Lipinski definition) is 4. The van der Waals surface area contributed by atoms with Crippen LogP contribution in [0.2, 0.25) is 0 Å². The van der Waals surface area contributed by atoms with Crippen molar-refractivity contribution in [1.29, 1.82) is 0 Å². The Bertz CT molecular complexity index is 510. The average Bonchev–Trinajstić information content (AvgIpc) is 2.37. The molecule has 0 aliphatic carbocycles. The Morgan fingerprint density at radius 1 is 1.33 bits per heavy atom. The van der Waals surface area contributed by atoms with Crippen LogP contribution in [0.1, 0.15) is 17.3 Å². The molecule has 100 valence electrons. The van der Waals surface area contributed by atoms with E-state index in [-0.39, 0.29) is 10.8 Å². The average molecular weight is 272 g/mol. The van der Waals surface area contributed by atoms with E-state index in [1.807, 2.05) is 0 Å². The monoisotopic (exact) mass is 272 g/mol. The van der Waals surface area contributed by atoms with Gasteiger partial charge in [-0.15, -0.1) is 0 Å².